The fraction of sp³-hybridized carbons (Fsp3) is 0.571. The van der Waals surface area contributed by atoms with Gasteiger partial charge in [0.25, 0.3) is 0 Å². The van der Waals surface area contributed by atoms with Gasteiger partial charge in [0.05, 0.1) is 5.69 Å². The lowest BCUT2D eigenvalue weighted by Crippen LogP contribution is -2.25. The molecule has 2 rings (SSSR count). The van der Waals surface area contributed by atoms with Crippen molar-refractivity contribution >= 4 is 5.69 Å². The van der Waals surface area contributed by atoms with E-state index in [2.05, 4.69) is 13.8 Å². The van der Waals surface area contributed by atoms with Crippen LogP contribution in [0.15, 0.2) is 18.2 Å². The number of nitrogens with zero attached hydrogens (tertiary/aromatic N) is 1. The number of rotatable bonds is 3. The lowest BCUT2D eigenvalue weighted by Gasteiger charge is -2.21. The minimum absolute atomic E-state index is 0.0291. The van der Waals surface area contributed by atoms with E-state index < -0.39 is 0 Å². The third-order valence-corrected chi connectivity index (χ3v) is 4.24. The van der Waals surface area contributed by atoms with Crippen molar-refractivity contribution in [2.24, 2.45) is 11.1 Å². The van der Waals surface area contributed by atoms with Gasteiger partial charge < -0.3 is 10.6 Å². The molecule has 17 heavy (non-hydrogen) atoms. The quantitative estimate of drug-likeness (QED) is 0.873. The maximum absolute atomic E-state index is 14.0. The maximum atomic E-state index is 14.0. The summed E-state index contributed by atoms with van der Waals surface area (Å²) in [5, 5.41) is 0. The Balaban J connectivity index is 2.39. The molecule has 0 spiro atoms. The summed E-state index contributed by atoms with van der Waals surface area (Å²) in [5.41, 5.74) is 7.71. The van der Waals surface area contributed by atoms with Gasteiger partial charge >= 0.3 is 0 Å². The number of hydrogen-bond acceptors (Lipinski definition) is 2. The lowest BCUT2D eigenvalue weighted by atomic mass is 9.88. The molecule has 1 saturated carbocycles. The number of nitrogens with two attached hydrogens (primary N) is 1. The monoisotopic (exact) mass is 236 g/mol. The maximum Gasteiger partial charge on any atom is 0.146 e. The summed E-state index contributed by atoms with van der Waals surface area (Å²) in [6.45, 7) is 4.97. The van der Waals surface area contributed by atoms with Crippen LogP contribution in [0.4, 0.5) is 10.1 Å². The summed E-state index contributed by atoms with van der Waals surface area (Å²) in [7, 11) is 3.69. The average molecular weight is 236 g/mol. The van der Waals surface area contributed by atoms with E-state index in [0.29, 0.717) is 12.2 Å². The largest absolute Gasteiger partial charge is 0.375 e. The second-order valence-electron chi connectivity index (χ2n) is 5.91. The van der Waals surface area contributed by atoms with Crippen molar-refractivity contribution in [3.8, 4) is 0 Å². The van der Waals surface area contributed by atoms with E-state index in [0.717, 1.165) is 12.0 Å². The molecule has 1 atom stereocenters. The predicted octanol–water partition coefficient (Wildman–Crippen LogP) is 2.52. The number of halogens is 1. The van der Waals surface area contributed by atoms with E-state index in [1.165, 1.54) is 0 Å². The van der Waals surface area contributed by atoms with Crippen LogP contribution < -0.4 is 10.6 Å². The molecular weight excluding hydrogens is 215 g/mol. The van der Waals surface area contributed by atoms with Crippen molar-refractivity contribution in [3.63, 3.8) is 0 Å². The smallest absolute Gasteiger partial charge is 0.146 e. The van der Waals surface area contributed by atoms with Crippen molar-refractivity contribution < 1.29 is 4.39 Å². The van der Waals surface area contributed by atoms with Crippen LogP contribution in [0.3, 0.4) is 0 Å². The summed E-state index contributed by atoms with van der Waals surface area (Å²) >= 11 is 0. The number of anilines is 1. The molecular formula is C14H21FN2. The first-order valence-corrected chi connectivity index (χ1v) is 6.01. The first kappa shape index (κ1) is 12.4. The van der Waals surface area contributed by atoms with Crippen LogP contribution in [0.2, 0.25) is 0 Å². The highest BCUT2D eigenvalue weighted by molar-refractivity contribution is 5.51. The van der Waals surface area contributed by atoms with E-state index in [-0.39, 0.29) is 16.6 Å². The molecule has 1 aliphatic rings. The van der Waals surface area contributed by atoms with Gasteiger partial charge in [0.1, 0.15) is 5.82 Å². The van der Waals surface area contributed by atoms with Gasteiger partial charge in [-0.05, 0) is 29.5 Å². The first-order valence-electron chi connectivity index (χ1n) is 6.01. The van der Waals surface area contributed by atoms with Gasteiger partial charge in [0.2, 0.25) is 0 Å². The van der Waals surface area contributed by atoms with E-state index in [9.17, 15) is 4.39 Å². The molecule has 1 aromatic rings. The highest BCUT2D eigenvalue weighted by atomic mass is 19.1. The molecule has 1 aromatic carbocycles. The Hall–Kier alpha value is -1.09. The Morgan fingerprint density at radius 2 is 1.94 bits per heavy atom. The lowest BCUT2D eigenvalue weighted by molar-refractivity contribution is 0.499. The van der Waals surface area contributed by atoms with Gasteiger partial charge in [-0.25, -0.2) is 4.39 Å². The Bertz CT molecular complexity index is 440. The summed E-state index contributed by atoms with van der Waals surface area (Å²) < 4.78 is 14.0. The van der Waals surface area contributed by atoms with Gasteiger partial charge in [0, 0.05) is 26.1 Å². The Kier molecular flexibility index (Phi) is 2.69. The molecule has 0 radical (unpaired) electrons. The van der Waals surface area contributed by atoms with Crippen LogP contribution in [0, 0.1) is 11.2 Å². The van der Waals surface area contributed by atoms with E-state index in [1.807, 2.05) is 26.2 Å². The average Bonchev–Trinajstić information content (AvgIpc) is 2.81. The molecule has 3 heteroatoms. The summed E-state index contributed by atoms with van der Waals surface area (Å²) in [6, 6.07) is 5.51. The third-order valence-electron chi connectivity index (χ3n) is 4.24. The van der Waals surface area contributed by atoms with Crippen molar-refractivity contribution in [1.29, 1.82) is 0 Å². The highest BCUT2D eigenvalue weighted by Crippen LogP contribution is 2.63. The summed E-state index contributed by atoms with van der Waals surface area (Å²) in [5.74, 6) is -0.164. The zero-order valence-corrected chi connectivity index (χ0v) is 11.0. The molecule has 2 nitrogen and oxygen atoms in total. The van der Waals surface area contributed by atoms with Crippen LogP contribution in [-0.2, 0) is 5.41 Å². The highest BCUT2D eigenvalue weighted by Gasteiger charge is 2.60. The van der Waals surface area contributed by atoms with Crippen molar-refractivity contribution in [3.05, 3.63) is 29.6 Å². The Morgan fingerprint density at radius 3 is 2.29 bits per heavy atom. The second kappa shape index (κ2) is 3.70. The molecule has 0 heterocycles. The normalized spacial score (nSPS) is 25.8. The summed E-state index contributed by atoms with van der Waals surface area (Å²) in [6.07, 6.45) is 1.04. The molecule has 0 saturated heterocycles. The van der Waals surface area contributed by atoms with Gasteiger partial charge in [-0.2, -0.15) is 0 Å². The molecule has 0 aliphatic heterocycles. The molecule has 0 bridgehead atoms. The van der Waals surface area contributed by atoms with Gasteiger partial charge in [-0.1, -0.05) is 19.9 Å². The zero-order valence-electron chi connectivity index (χ0n) is 11.0. The predicted molar refractivity (Wildman–Crippen MR) is 69.9 cm³/mol. The molecule has 0 aromatic heterocycles. The van der Waals surface area contributed by atoms with Crippen molar-refractivity contribution in [2.45, 2.75) is 25.7 Å². The molecule has 1 aliphatic carbocycles. The Labute approximate surface area is 103 Å². The minimum Gasteiger partial charge on any atom is -0.375 e. The fourth-order valence-electron chi connectivity index (χ4n) is 2.84. The molecule has 94 valence electrons. The zero-order chi connectivity index (χ0) is 12.8. The molecule has 0 amide bonds. The van der Waals surface area contributed by atoms with Crippen LogP contribution >= 0.6 is 0 Å². The third kappa shape index (κ3) is 1.73. The van der Waals surface area contributed by atoms with Gasteiger partial charge in [0.15, 0.2) is 0 Å². The summed E-state index contributed by atoms with van der Waals surface area (Å²) in [4.78, 5) is 1.78. The van der Waals surface area contributed by atoms with E-state index in [1.54, 1.807) is 11.0 Å². The number of hydrogen-bond donors (Lipinski definition) is 1. The van der Waals surface area contributed by atoms with E-state index >= 15 is 0 Å². The van der Waals surface area contributed by atoms with Gasteiger partial charge in [-0.3, -0.25) is 0 Å². The van der Waals surface area contributed by atoms with E-state index in [4.69, 9.17) is 5.73 Å². The standard InChI is InChI=1S/C14H21FN2/c1-13(2)8-14(13,9-16)10-5-6-12(17(3)4)11(15)7-10/h5-7H,8-9,16H2,1-4H3. The first-order chi connectivity index (χ1) is 7.84. The van der Waals surface area contributed by atoms with Crippen LogP contribution in [-0.4, -0.2) is 20.6 Å². The fourth-order valence-corrected chi connectivity index (χ4v) is 2.84. The van der Waals surface area contributed by atoms with Crippen LogP contribution in [0.5, 0.6) is 0 Å². The number of benzene rings is 1. The molecule has 1 unspecified atom stereocenters. The SMILES string of the molecule is CN(C)c1ccc(C2(CN)CC2(C)C)cc1F. The van der Waals surface area contributed by atoms with Crippen molar-refractivity contribution in [2.75, 3.05) is 25.5 Å². The molecule has 1 fully saturated rings. The second-order valence-corrected chi connectivity index (χ2v) is 5.91. The van der Waals surface area contributed by atoms with Gasteiger partial charge in [-0.15, -0.1) is 0 Å². The Morgan fingerprint density at radius 1 is 1.35 bits per heavy atom. The van der Waals surface area contributed by atoms with Crippen LogP contribution in [0.25, 0.3) is 0 Å². The molecule has 2 N–H and O–H groups in total. The minimum atomic E-state index is -0.164. The van der Waals surface area contributed by atoms with Crippen molar-refractivity contribution in [1.82, 2.24) is 0 Å². The topological polar surface area (TPSA) is 29.3 Å². The van der Waals surface area contributed by atoms with Crippen LogP contribution in [0.1, 0.15) is 25.8 Å².